The Hall–Kier alpha value is -0.330. The highest BCUT2D eigenvalue weighted by Gasteiger charge is 1.84. The minimum atomic E-state index is 0.625. The van der Waals surface area contributed by atoms with Crippen molar-refractivity contribution in [1.29, 1.82) is 0 Å². The zero-order chi connectivity index (χ0) is 6.24. The van der Waals surface area contributed by atoms with E-state index in [4.69, 9.17) is 0 Å². The van der Waals surface area contributed by atoms with Gasteiger partial charge in [-0.25, -0.2) is 0 Å². The average molecular weight is 113 g/mol. The van der Waals surface area contributed by atoms with E-state index in [1.54, 1.807) is 0 Å². The van der Waals surface area contributed by atoms with Crippen molar-refractivity contribution in [1.82, 2.24) is 0 Å². The van der Waals surface area contributed by atoms with Crippen LogP contribution in [0.1, 0.15) is 39.0 Å². The van der Waals surface area contributed by atoms with Gasteiger partial charge in [0.25, 0.3) is 0 Å². The molecule has 0 saturated heterocycles. The van der Waals surface area contributed by atoms with E-state index in [2.05, 4.69) is 6.92 Å². The molecule has 0 rings (SSSR count). The monoisotopic (exact) mass is 113 g/mol. The quantitative estimate of drug-likeness (QED) is 0.499. The summed E-state index contributed by atoms with van der Waals surface area (Å²) in [6, 6.07) is 0. The maximum absolute atomic E-state index is 9.64. The highest BCUT2D eigenvalue weighted by molar-refractivity contribution is 5.50. The van der Waals surface area contributed by atoms with Crippen LogP contribution < -0.4 is 0 Å². The van der Waals surface area contributed by atoms with Crippen molar-refractivity contribution in [2.24, 2.45) is 0 Å². The molecule has 0 amide bonds. The second-order valence-corrected chi connectivity index (χ2v) is 1.95. The molecule has 0 unspecified atom stereocenters. The fourth-order valence-electron chi connectivity index (χ4n) is 0.624. The van der Waals surface area contributed by atoms with Gasteiger partial charge >= 0.3 is 0 Å². The third-order valence-electron chi connectivity index (χ3n) is 1.13. The summed E-state index contributed by atoms with van der Waals surface area (Å²) in [5.41, 5.74) is 0. The molecule has 0 aromatic heterocycles. The molecule has 0 aromatic carbocycles. The molecule has 0 heterocycles. The lowest BCUT2D eigenvalue weighted by molar-refractivity contribution is 0.544. The Labute approximate surface area is 51.1 Å². The second kappa shape index (κ2) is 6.67. The Kier molecular flexibility index (Phi) is 6.39. The highest BCUT2D eigenvalue weighted by Crippen LogP contribution is 1.99. The van der Waals surface area contributed by atoms with Crippen LogP contribution in [-0.2, 0) is 4.79 Å². The van der Waals surface area contributed by atoms with Gasteiger partial charge in [-0.1, -0.05) is 26.2 Å². The summed E-state index contributed by atoms with van der Waals surface area (Å²) in [6.07, 6.45) is 7.20. The lowest BCUT2D eigenvalue weighted by Gasteiger charge is -1.89. The van der Waals surface area contributed by atoms with Crippen molar-refractivity contribution < 1.29 is 4.79 Å². The molecule has 47 valence electrons. The molecular weight excluding hydrogens is 100 g/mol. The number of rotatable bonds is 5. The van der Waals surface area contributed by atoms with Crippen molar-refractivity contribution in [3.8, 4) is 0 Å². The van der Waals surface area contributed by atoms with Gasteiger partial charge in [-0.2, -0.15) is 0 Å². The van der Waals surface area contributed by atoms with Gasteiger partial charge in [0.2, 0.25) is 0 Å². The van der Waals surface area contributed by atoms with Gasteiger partial charge in [-0.05, 0) is 6.42 Å². The van der Waals surface area contributed by atoms with Crippen LogP contribution in [0.4, 0.5) is 0 Å². The predicted octanol–water partition coefficient (Wildman–Crippen LogP) is 2.07. The molecule has 0 aliphatic rings. The molecule has 1 heteroatoms. The Morgan fingerprint density at radius 3 is 2.50 bits per heavy atom. The third kappa shape index (κ3) is 5.67. The fraction of sp³-hybridized carbons (Fsp3) is 0.857. The SMILES string of the molecule is CCCCCC[C]=O. The first kappa shape index (κ1) is 7.67. The lowest BCUT2D eigenvalue weighted by atomic mass is 10.2. The van der Waals surface area contributed by atoms with E-state index in [9.17, 15) is 4.79 Å². The minimum absolute atomic E-state index is 0.625. The molecule has 0 spiro atoms. The molecule has 0 N–H and O–H groups in total. The van der Waals surface area contributed by atoms with Gasteiger partial charge in [-0.15, -0.1) is 0 Å². The number of unbranched alkanes of at least 4 members (excludes halogenated alkanes) is 4. The van der Waals surface area contributed by atoms with Crippen molar-refractivity contribution in [2.75, 3.05) is 0 Å². The third-order valence-corrected chi connectivity index (χ3v) is 1.13. The summed E-state index contributed by atoms with van der Waals surface area (Å²) in [4.78, 5) is 9.64. The summed E-state index contributed by atoms with van der Waals surface area (Å²) < 4.78 is 0. The Balaban J connectivity index is 2.62. The number of carbonyl (C=O) groups excluding carboxylic acids is 1. The van der Waals surface area contributed by atoms with Crippen LogP contribution in [0.3, 0.4) is 0 Å². The predicted molar refractivity (Wildman–Crippen MR) is 34.5 cm³/mol. The van der Waals surface area contributed by atoms with Gasteiger partial charge in [0.15, 0.2) is 6.29 Å². The van der Waals surface area contributed by atoms with Crippen LogP contribution in [0.15, 0.2) is 0 Å². The van der Waals surface area contributed by atoms with Crippen molar-refractivity contribution in [2.45, 2.75) is 39.0 Å². The van der Waals surface area contributed by atoms with E-state index in [-0.39, 0.29) is 0 Å². The lowest BCUT2D eigenvalue weighted by Crippen LogP contribution is -1.76. The van der Waals surface area contributed by atoms with E-state index < -0.39 is 0 Å². The fourth-order valence-corrected chi connectivity index (χ4v) is 0.624. The maximum Gasteiger partial charge on any atom is 0.198 e. The van der Waals surface area contributed by atoms with E-state index >= 15 is 0 Å². The van der Waals surface area contributed by atoms with Crippen LogP contribution in [0, 0.1) is 0 Å². The zero-order valence-electron chi connectivity index (χ0n) is 5.44. The van der Waals surface area contributed by atoms with E-state index in [1.807, 2.05) is 6.29 Å². The normalized spacial score (nSPS) is 9.12. The molecule has 1 radical (unpaired) electrons. The first-order chi connectivity index (χ1) is 3.91. The standard InChI is InChI=1S/C7H13O/c1-2-3-4-5-6-7-8/h2-6H2,1H3. The summed E-state index contributed by atoms with van der Waals surface area (Å²) in [6.45, 7) is 2.16. The number of hydrogen-bond acceptors (Lipinski definition) is 1. The number of hydrogen-bond donors (Lipinski definition) is 0. The molecule has 0 aliphatic heterocycles. The molecule has 1 nitrogen and oxygen atoms in total. The van der Waals surface area contributed by atoms with E-state index in [1.165, 1.54) is 19.3 Å². The van der Waals surface area contributed by atoms with Gasteiger partial charge < -0.3 is 0 Å². The topological polar surface area (TPSA) is 17.1 Å². The Morgan fingerprint density at radius 1 is 1.25 bits per heavy atom. The van der Waals surface area contributed by atoms with Crippen LogP contribution in [0.2, 0.25) is 0 Å². The molecular formula is C7H13O. The van der Waals surface area contributed by atoms with E-state index in [0.717, 1.165) is 6.42 Å². The van der Waals surface area contributed by atoms with Gasteiger partial charge in [0.1, 0.15) is 0 Å². The van der Waals surface area contributed by atoms with Gasteiger partial charge in [-0.3, -0.25) is 4.79 Å². The second-order valence-electron chi connectivity index (χ2n) is 1.95. The van der Waals surface area contributed by atoms with Crippen LogP contribution >= 0.6 is 0 Å². The van der Waals surface area contributed by atoms with Crippen LogP contribution in [-0.4, -0.2) is 6.29 Å². The average Bonchev–Trinajstić information content (AvgIpc) is 1.81. The van der Waals surface area contributed by atoms with Crippen molar-refractivity contribution in [3.63, 3.8) is 0 Å². The molecule has 0 fully saturated rings. The van der Waals surface area contributed by atoms with E-state index in [0.29, 0.717) is 6.42 Å². The van der Waals surface area contributed by atoms with Crippen LogP contribution in [0.25, 0.3) is 0 Å². The molecule has 0 bridgehead atoms. The summed E-state index contributed by atoms with van der Waals surface area (Å²) in [5.74, 6) is 0. The van der Waals surface area contributed by atoms with Crippen molar-refractivity contribution in [3.05, 3.63) is 0 Å². The molecule has 0 aromatic rings. The maximum atomic E-state index is 9.64. The molecule has 0 atom stereocenters. The van der Waals surface area contributed by atoms with Gasteiger partial charge in [0, 0.05) is 6.42 Å². The smallest absolute Gasteiger partial charge is 0.198 e. The summed E-state index contributed by atoms with van der Waals surface area (Å²) in [5, 5.41) is 0. The first-order valence-electron chi connectivity index (χ1n) is 3.26. The molecule has 8 heavy (non-hydrogen) atoms. The van der Waals surface area contributed by atoms with Gasteiger partial charge in [0.05, 0.1) is 0 Å². The summed E-state index contributed by atoms with van der Waals surface area (Å²) in [7, 11) is 0. The Morgan fingerprint density at radius 2 is 2.00 bits per heavy atom. The first-order valence-corrected chi connectivity index (χ1v) is 3.26. The molecule has 0 saturated carbocycles. The zero-order valence-corrected chi connectivity index (χ0v) is 5.44. The minimum Gasteiger partial charge on any atom is -0.291 e. The largest absolute Gasteiger partial charge is 0.291 e. The summed E-state index contributed by atoms with van der Waals surface area (Å²) >= 11 is 0. The molecule has 0 aliphatic carbocycles. The van der Waals surface area contributed by atoms with Crippen LogP contribution in [0.5, 0.6) is 0 Å². The Bertz CT molecular complexity index is 50.3. The van der Waals surface area contributed by atoms with Crippen molar-refractivity contribution >= 4 is 6.29 Å². The highest BCUT2D eigenvalue weighted by atomic mass is 16.1.